The van der Waals surface area contributed by atoms with Crippen LogP contribution in [0.5, 0.6) is 0 Å². The average Bonchev–Trinajstić information content (AvgIpc) is 3.17. The molecule has 1 heterocycles. The van der Waals surface area contributed by atoms with Gasteiger partial charge in [-0.25, -0.2) is 4.39 Å². The van der Waals surface area contributed by atoms with Gasteiger partial charge in [0.15, 0.2) is 0 Å². The van der Waals surface area contributed by atoms with Gasteiger partial charge in [0.05, 0.1) is 6.54 Å². The molecule has 3 aromatic carbocycles. The highest BCUT2D eigenvalue weighted by Crippen LogP contribution is 2.22. The molecule has 0 bridgehead atoms. The average molecular weight is 386 g/mol. The number of benzene rings is 3. The Morgan fingerprint density at radius 2 is 1.52 bits per heavy atom. The van der Waals surface area contributed by atoms with Crippen molar-refractivity contribution < 1.29 is 4.39 Å². The zero-order valence-electron chi connectivity index (χ0n) is 16.3. The summed E-state index contributed by atoms with van der Waals surface area (Å²) in [6.45, 7) is 2.99. The lowest BCUT2D eigenvalue weighted by Gasteiger charge is -2.13. The lowest BCUT2D eigenvalue weighted by Crippen LogP contribution is -2.19. The maximum absolute atomic E-state index is 14.1. The predicted molar refractivity (Wildman–Crippen MR) is 113 cm³/mol. The number of hydrogen-bond acceptors (Lipinski definition) is 3. The van der Waals surface area contributed by atoms with Crippen LogP contribution in [0, 0.1) is 5.82 Å². The van der Waals surface area contributed by atoms with Crippen LogP contribution in [0.4, 0.5) is 4.39 Å². The Morgan fingerprint density at radius 3 is 2.24 bits per heavy atom. The van der Waals surface area contributed by atoms with E-state index in [1.807, 2.05) is 54.6 Å². The van der Waals surface area contributed by atoms with Crippen molar-refractivity contribution in [1.29, 1.82) is 0 Å². The molecule has 0 fully saturated rings. The Morgan fingerprint density at radius 1 is 0.862 bits per heavy atom. The minimum atomic E-state index is -0.247. The Balaban J connectivity index is 1.59. The molecule has 0 saturated heterocycles. The quantitative estimate of drug-likeness (QED) is 0.487. The molecule has 0 aliphatic heterocycles. The first-order valence-corrected chi connectivity index (χ1v) is 9.72. The normalized spacial score (nSPS) is 12.1. The van der Waals surface area contributed by atoms with E-state index in [4.69, 9.17) is 0 Å². The molecule has 4 rings (SSSR count). The van der Waals surface area contributed by atoms with Crippen molar-refractivity contribution in [2.45, 2.75) is 26.1 Å². The van der Waals surface area contributed by atoms with Crippen molar-refractivity contribution in [3.63, 3.8) is 0 Å². The first-order chi connectivity index (χ1) is 14.2. The Labute approximate surface area is 170 Å². The summed E-state index contributed by atoms with van der Waals surface area (Å²) in [5.74, 6) is -0.247. The molecule has 4 nitrogen and oxygen atoms in total. The van der Waals surface area contributed by atoms with E-state index in [1.54, 1.807) is 16.9 Å². The maximum Gasteiger partial charge on any atom is 0.128 e. The van der Waals surface area contributed by atoms with E-state index in [0.29, 0.717) is 18.7 Å². The van der Waals surface area contributed by atoms with Gasteiger partial charge in [0.25, 0.3) is 0 Å². The zero-order chi connectivity index (χ0) is 20.1. The third kappa shape index (κ3) is 4.58. The van der Waals surface area contributed by atoms with E-state index in [-0.39, 0.29) is 11.9 Å². The van der Waals surface area contributed by atoms with Crippen LogP contribution in [-0.2, 0) is 13.1 Å². The summed E-state index contributed by atoms with van der Waals surface area (Å²) in [6, 6.07) is 27.2. The summed E-state index contributed by atoms with van der Waals surface area (Å²) in [6.07, 6.45) is 0. The molecule has 146 valence electrons. The smallest absolute Gasteiger partial charge is 0.128 e. The van der Waals surface area contributed by atoms with E-state index in [0.717, 1.165) is 17.0 Å². The summed E-state index contributed by atoms with van der Waals surface area (Å²) in [7, 11) is 0. The van der Waals surface area contributed by atoms with Crippen LogP contribution in [0.15, 0.2) is 84.9 Å². The minimum Gasteiger partial charge on any atom is -0.304 e. The minimum absolute atomic E-state index is 0.177. The molecule has 1 N–H and O–H groups in total. The highest BCUT2D eigenvalue weighted by atomic mass is 19.1. The largest absolute Gasteiger partial charge is 0.304 e. The summed E-state index contributed by atoms with van der Waals surface area (Å²) >= 11 is 0. The summed E-state index contributed by atoms with van der Waals surface area (Å²) in [5, 5.41) is 12.9. The van der Waals surface area contributed by atoms with Gasteiger partial charge < -0.3 is 5.32 Å². The summed E-state index contributed by atoms with van der Waals surface area (Å²) in [5.41, 5.74) is 4.44. The molecular weight excluding hydrogens is 363 g/mol. The van der Waals surface area contributed by atoms with Crippen LogP contribution in [0.1, 0.15) is 29.8 Å². The number of nitrogens with zero attached hydrogens (tertiary/aromatic N) is 3. The van der Waals surface area contributed by atoms with E-state index >= 15 is 0 Å². The fraction of sp³-hybridized carbons (Fsp3) is 0.167. The number of nitrogens with one attached hydrogen (secondary N) is 1. The molecular formula is C24H23FN4. The summed E-state index contributed by atoms with van der Waals surface area (Å²) in [4.78, 5) is 1.57. The number of rotatable bonds is 7. The fourth-order valence-corrected chi connectivity index (χ4v) is 3.28. The van der Waals surface area contributed by atoms with Crippen LogP contribution < -0.4 is 5.32 Å². The topological polar surface area (TPSA) is 42.7 Å². The molecule has 1 atom stereocenters. The molecule has 1 aromatic heterocycles. The predicted octanol–water partition coefficient (Wildman–Crippen LogP) is 4.98. The van der Waals surface area contributed by atoms with Gasteiger partial charge in [-0.15, -0.1) is 0 Å². The molecule has 0 radical (unpaired) electrons. The zero-order valence-corrected chi connectivity index (χ0v) is 16.3. The second-order valence-corrected chi connectivity index (χ2v) is 7.00. The third-order valence-electron chi connectivity index (χ3n) is 4.92. The number of aromatic nitrogens is 3. The van der Waals surface area contributed by atoms with Gasteiger partial charge in [-0.3, -0.25) is 0 Å². The second kappa shape index (κ2) is 8.80. The number of halogens is 1. The molecule has 0 spiro atoms. The van der Waals surface area contributed by atoms with Gasteiger partial charge in [0, 0.05) is 23.7 Å². The van der Waals surface area contributed by atoms with Crippen LogP contribution in [-0.4, -0.2) is 15.0 Å². The van der Waals surface area contributed by atoms with Gasteiger partial charge in [0.1, 0.15) is 17.2 Å². The van der Waals surface area contributed by atoms with Gasteiger partial charge >= 0.3 is 0 Å². The van der Waals surface area contributed by atoms with Gasteiger partial charge in [-0.1, -0.05) is 78.9 Å². The fourth-order valence-electron chi connectivity index (χ4n) is 3.28. The van der Waals surface area contributed by atoms with Crippen molar-refractivity contribution in [2.24, 2.45) is 0 Å². The molecule has 5 heteroatoms. The Bertz CT molecular complexity index is 1060. The molecule has 0 unspecified atom stereocenters. The monoisotopic (exact) mass is 386 g/mol. The second-order valence-electron chi connectivity index (χ2n) is 7.00. The van der Waals surface area contributed by atoms with Crippen molar-refractivity contribution >= 4 is 0 Å². The SMILES string of the molecule is C[C@H](NCc1nn(Cc2ccccc2F)nc1-c1ccccc1)c1ccccc1. The van der Waals surface area contributed by atoms with Gasteiger partial charge in [0.2, 0.25) is 0 Å². The molecule has 29 heavy (non-hydrogen) atoms. The molecule has 0 amide bonds. The third-order valence-corrected chi connectivity index (χ3v) is 4.92. The van der Waals surface area contributed by atoms with E-state index in [1.165, 1.54) is 11.6 Å². The lowest BCUT2D eigenvalue weighted by atomic mass is 10.1. The van der Waals surface area contributed by atoms with Crippen molar-refractivity contribution in [3.05, 3.63) is 108 Å². The standard InChI is InChI=1S/C24H23FN4/c1-18(19-10-4-2-5-11-19)26-16-23-24(20-12-6-3-7-13-20)28-29(27-23)17-21-14-8-9-15-22(21)25/h2-15,18,26H,16-17H2,1H3/t18-/m0/s1. The first kappa shape index (κ1) is 19.0. The van der Waals surface area contributed by atoms with E-state index < -0.39 is 0 Å². The van der Waals surface area contributed by atoms with Gasteiger partial charge in [-0.2, -0.15) is 15.0 Å². The number of hydrogen-bond donors (Lipinski definition) is 1. The Kier molecular flexibility index (Phi) is 5.77. The molecule has 0 saturated carbocycles. The van der Waals surface area contributed by atoms with Crippen molar-refractivity contribution in [1.82, 2.24) is 20.3 Å². The van der Waals surface area contributed by atoms with Crippen LogP contribution >= 0.6 is 0 Å². The van der Waals surface area contributed by atoms with Crippen LogP contribution in [0.3, 0.4) is 0 Å². The van der Waals surface area contributed by atoms with E-state index in [9.17, 15) is 4.39 Å². The Hall–Kier alpha value is -3.31. The molecule has 0 aliphatic carbocycles. The van der Waals surface area contributed by atoms with Gasteiger partial charge in [-0.05, 0) is 18.6 Å². The van der Waals surface area contributed by atoms with Crippen LogP contribution in [0.25, 0.3) is 11.3 Å². The highest BCUT2D eigenvalue weighted by molar-refractivity contribution is 5.60. The first-order valence-electron chi connectivity index (χ1n) is 9.72. The molecule has 4 aromatic rings. The van der Waals surface area contributed by atoms with Crippen molar-refractivity contribution in [3.8, 4) is 11.3 Å². The highest BCUT2D eigenvalue weighted by Gasteiger charge is 2.15. The lowest BCUT2D eigenvalue weighted by molar-refractivity contribution is 0.532. The van der Waals surface area contributed by atoms with E-state index in [2.05, 4.69) is 34.6 Å². The summed E-state index contributed by atoms with van der Waals surface area (Å²) < 4.78 is 14.1. The van der Waals surface area contributed by atoms with Crippen molar-refractivity contribution in [2.75, 3.05) is 0 Å². The van der Waals surface area contributed by atoms with Crippen LogP contribution in [0.2, 0.25) is 0 Å². The maximum atomic E-state index is 14.1. The molecule has 0 aliphatic rings.